The van der Waals surface area contributed by atoms with E-state index in [9.17, 15) is 0 Å². The third-order valence-electron chi connectivity index (χ3n) is 21.2. The first kappa shape index (κ1) is 42.4. The van der Waals surface area contributed by atoms with Crippen LogP contribution in [0.1, 0.15) is 204 Å². The summed E-state index contributed by atoms with van der Waals surface area (Å²) in [7, 11) is 0. The summed E-state index contributed by atoms with van der Waals surface area (Å²) >= 11 is 0. The number of ketones is 2. The molecular weight excluding hydrogens is 887 g/mol. The van der Waals surface area contributed by atoms with Crippen LogP contribution in [0.5, 0.6) is 0 Å². The summed E-state index contributed by atoms with van der Waals surface area (Å²) in [6.45, 7) is 27.2. The number of carbonyl (C=O) groups excluding carboxylic acids is 2. The van der Waals surface area contributed by atoms with Gasteiger partial charge in [-0.2, -0.15) is 0 Å². The smallest absolute Gasteiger partial charge is 0.175 e. The molecule has 0 fully saturated rings. The van der Waals surface area contributed by atoms with Gasteiger partial charge in [0.25, 0.3) is 0 Å². The number of aromatic nitrogens is 1. The highest BCUT2D eigenvalue weighted by molar-refractivity contribution is 6.30. The van der Waals surface area contributed by atoms with Crippen molar-refractivity contribution in [3.05, 3.63) is 228 Å². The van der Waals surface area contributed by atoms with Crippen molar-refractivity contribution in [1.29, 1.82) is 0 Å². The molecule has 356 valence electrons. The van der Waals surface area contributed by atoms with Gasteiger partial charge in [0.15, 0.2) is 11.6 Å². The molecule has 4 bridgehead atoms. The van der Waals surface area contributed by atoms with E-state index in [0.717, 1.165) is 55.5 Å². The molecule has 0 N–H and O–H groups in total. The molecule has 10 aromatic rings. The second-order valence-electron chi connectivity index (χ2n) is 26.1. The van der Waals surface area contributed by atoms with Gasteiger partial charge >= 0.3 is 0 Å². The molecule has 18 rings (SSSR count). The van der Waals surface area contributed by atoms with E-state index in [4.69, 9.17) is 0 Å². The Balaban J connectivity index is 1.15. The lowest BCUT2D eigenvalue weighted by molar-refractivity contribution is 0.0966. The molecule has 3 nitrogen and oxygen atoms in total. The Kier molecular flexibility index (Phi) is 7.43. The number of rotatable bonds is 0. The van der Waals surface area contributed by atoms with Crippen molar-refractivity contribution in [1.82, 2.24) is 4.40 Å². The van der Waals surface area contributed by atoms with Gasteiger partial charge in [0.1, 0.15) is 0 Å². The van der Waals surface area contributed by atoms with Crippen LogP contribution in [0.3, 0.4) is 0 Å². The third kappa shape index (κ3) is 4.58. The molecule has 8 aliphatic rings. The van der Waals surface area contributed by atoms with Crippen molar-refractivity contribution >= 4 is 49.7 Å². The van der Waals surface area contributed by atoms with Gasteiger partial charge in [0.2, 0.25) is 0 Å². The fraction of sp³-hybridized carbons (Fsp3) is 0.286. The molecule has 0 radical (unpaired) electrons. The first-order valence-electron chi connectivity index (χ1n) is 26.8. The Bertz CT molecular complexity index is 3950. The van der Waals surface area contributed by atoms with Crippen LogP contribution >= 0.6 is 0 Å². The lowest BCUT2D eigenvalue weighted by Gasteiger charge is -2.56. The van der Waals surface area contributed by atoms with E-state index >= 15 is 9.59 Å². The fourth-order valence-corrected chi connectivity index (χ4v) is 16.2. The molecule has 8 aliphatic carbocycles. The van der Waals surface area contributed by atoms with Crippen molar-refractivity contribution in [2.75, 3.05) is 0 Å². The quantitative estimate of drug-likeness (QED) is 0.152. The van der Waals surface area contributed by atoms with Crippen molar-refractivity contribution in [3.8, 4) is 11.1 Å². The van der Waals surface area contributed by atoms with Crippen molar-refractivity contribution in [2.24, 2.45) is 0 Å². The number of nitrogens with zero attached hydrogens (tertiary/aromatic N) is 1. The molecule has 0 amide bonds. The Labute approximate surface area is 427 Å². The molecule has 3 heteroatoms. The standard InChI is InChI=1S/C70H59NO2/c1-66(2,3)34-28-49-59-50(29-34)68(6,7)70(10,11)62-58-48-31-44-46(65(73)56-41-26-18-14-22-37(41)54(44)38-23-15-19-27-42(38)56)33-52(48)71-51-32-45-43(30-47(51)57(63(58)71)61(60(59)62)69(8,9)67(49,4)5)53-35-20-12-16-24-39(35)55(64(45)72)40-25-17-13-21-36(40)53/h12-33,53-56H,1-11H3. The zero-order valence-electron chi connectivity index (χ0n) is 43.8. The predicted molar refractivity (Wildman–Crippen MR) is 297 cm³/mol. The van der Waals surface area contributed by atoms with Gasteiger partial charge < -0.3 is 4.40 Å². The molecular formula is C70H59NO2. The SMILES string of the molecule is CC(C)(C)c1cc2c3c(c1)C(C)(C)C(C)(C)c1c-3c(c3c4cc5c(cc4n4c6cc7c(cc6c1c34)C1c3ccccc3C(C7=O)c3ccccc31)C(=O)C1c3ccccc3C5c3ccccc31)C(C)(C)C2(C)C. The summed E-state index contributed by atoms with van der Waals surface area (Å²) in [5.41, 5.74) is 25.1. The predicted octanol–water partition coefficient (Wildman–Crippen LogP) is 16.6. The van der Waals surface area contributed by atoms with Crippen LogP contribution in [-0.4, -0.2) is 16.0 Å². The van der Waals surface area contributed by atoms with Gasteiger partial charge in [-0.15, -0.1) is 0 Å². The Morgan fingerprint density at radius 3 is 1.05 bits per heavy atom. The van der Waals surface area contributed by atoms with Gasteiger partial charge in [-0.3, -0.25) is 9.59 Å². The summed E-state index contributed by atoms with van der Waals surface area (Å²) in [5.74, 6) is -0.618. The molecule has 0 spiro atoms. The summed E-state index contributed by atoms with van der Waals surface area (Å²) in [6, 6.07) is 49.5. The largest absolute Gasteiger partial charge is 0.308 e. The topological polar surface area (TPSA) is 38.5 Å². The Morgan fingerprint density at radius 1 is 0.397 bits per heavy atom. The molecule has 0 saturated heterocycles. The van der Waals surface area contributed by atoms with Crippen molar-refractivity contribution < 1.29 is 9.59 Å². The summed E-state index contributed by atoms with van der Waals surface area (Å²) in [6.07, 6.45) is 0. The average Bonchev–Trinajstić information content (AvgIpc) is 3.72. The molecule has 0 aliphatic heterocycles. The Hall–Kier alpha value is -7.10. The van der Waals surface area contributed by atoms with Crippen molar-refractivity contribution in [2.45, 2.75) is 127 Å². The van der Waals surface area contributed by atoms with Crippen LogP contribution in [0.4, 0.5) is 0 Å². The number of hydrogen-bond acceptors (Lipinski definition) is 2. The highest BCUT2D eigenvalue weighted by Gasteiger charge is 2.57. The van der Waals surface area contributed by atoms with Crippen LogP contribution < -0.4 is 0 Å². The van der Waals surface area contributed by atoms with Gasteiger partial charge in [-0.05, 0) is 135 Å². The van der Waals surface area contributed by atoms with E-state index in [-0.39, 0.29) is 62.3 Å². The molecule has 73 heavy (non-hydrogen) atoms. The average molecular weight is 946 g/mol. The molecule has 2 aromatic heterocycles. The second kappa shape index (κ2) is 12.8. The summed E-state index contributed by atoms with van der Waals surface area (Å²) < 4.78 is 2.54. The van der Waals surface area contributed by atoms with E-state index < -0.39 is 0 Å². The first-order valence-corrected chi connectivity index (χ1v) is 26.8. The van der Waals surface area contributed by atoms with E-state index in [0.29, 0.717) is 0 Å². The van der Waals surface area contributed by atoms with Crippen LogP contribution in [-0.2, 0) is 27.1 Å². The summed E-state index contributed by atoms with van der Waals surface area (Å²) in [5, 5.41) is 4.96. The van der Waals surface area contributed by atoms with E-state index in [1.54, 1.807) is 0 Å². The maximum atomic E-state index is 15.8. The fourth-order valence-electron chi connectivity index (χ4n) is 16.2. The third-order valence-corrected chi connectivity index (χ3v) is 21.2. The maximum Gasteiger partial charge on any atom is 0.175 e. The Morgan fingerprint density at radius 2 is 0.726 bits per heavy atom. The van der Waals surface area contributed by atoms with Crippen molar-refractivity contribution in [3.63, 3.8) is 0 Å². The number of Topliss-reactive ketones (excluding diaryl/α,β-unsaturated/α-hetero) is 2. The zero-order valence-corrected chi connectivity index (χ0v) is 43.8. The molecule has 0 unspecified atom stereocenters. The van der Waals surface area contributed by atoms with Crippen LogP contribution in [0.15, 0.2) is 133 Å². The van der Waals surface area contributed by atoms with Crippen LogP contribution in [0.25, 0.3) is 49.2 Å². The molecule has 0 atom stereocenters. The first-order chi connectivity index (χ1) is 34.8. The van der Waals surface area contributed by atoms with E-state index in [1.165, 1.54) is 88.3 Å². The van der Waals surface area contributed by atoms with E-state index in [2.05, 4.69) is 214 Å². The van der Waals surface area contributed by atoms with Gasteiger partial charge in [-0.1, -0.05) is 185 Å². The number of fused-ring (bicyclic) bond motifs is 8. The van der Waals surface area contributed by atoms with Crippen LogP contribution in [0.2, 0.25) is 0 Å². The lowest BCUT2D eigenvalue weighted by Crippen LogP contribution is -2.50. The maximum absolute atomic E-state index is 15.8. The minimum atomic E-state index is -0.385. The highest BCUT2D eigenvalue weighted by Crippen LogP contribution is 2.68. The second-order valence-corrected chi connectivity index (χ2v) is 26.1. The van der Waals surface area contributed by atoms with Gasteiger partial charge in [0.05, 0.1) is 28.4 Å². The highest BCUT2D eigenvalue weighted by atomic mass is 16.1. The minimum absolute atomic E-state index is 0.0472. The number of hydrogen-bond donors (Lipinski definition) is 0. The summed E-state index contributed by atoms with van der Waals surface area (Å²) in [4.78, 5) is 31.5. The number of carbonyl (C=O) groups is 2. The molecule has 2 heterocycles. The molecule has 0 saturated carbocycles. The lowest BCUT2D eigenvalue weighted by atomic mass is 9.46. The van der Waals surface area contributed by atoms with Crippen LogP contribution in [0, 0.1) is 0 Å². The monoisotopic (exact) mass is 945 g/mol. The van der Waals surface area contributed by atoms with Gasteiger partial charge in [-0.25, -0.2) is 0 Å². The zero-order chi connectivity index (χ0) is 50.1. The minimum Gasteiger partial charge on any atom is -0.308 e. The van der Waals surface area contributed by atoms with Gasteiger partial charge in [0, 0.05) is 55.3 Å². The normalized spacial score (nSPS) is 22.4. The number of benzene rings is 8. The van der Waals surface area contributed by atoms with E-state index in [1.807, 2.05) is 0 Å². The molecule has 8 aromatic carbocycles.